The minimum absolute atomic E-state index is 0.150. The van der Waals surface area contributed by atoms with Crippen molar-refractivity contribution in [1.29, 1.82) is 0 Å². The predicted octanol–water partition coefficient (Wildman–Crippen LogP) is 3.88. The summed E-state index contributed by atoms with van der Waals surface area (Å²) in [6.45, 7) is 1.46. The Bertz CT molecular complexity index is 789. The first-order valence-corrected chi connectivity index (χ1v) is 8.32. The van der Waals surface area contributed by atoms with Gasteiger partial charge in [0.25, 0.3) is 11.8 Å². The van der Waals surface area contributed by atoms with E-state index in [4.69, 9.17) is 23.2 Å². The molecule has 1 fully saturated rings. The number of benzene rings is 1. The Morgan fingerprint density at radius 3 is 2.58 bits per heavy atom. The van der Waals surface area contributed by atoms with Crippen LogP contribution in [0.25, 0.3) is 0 Å². The number of carbonyl (C=O) groups excluding carboxylic acids is 2. The number of carbonyl (C=O) groups is 2. The molecular weight excluding hydrogens is 349 g/mol. The number of anilines is 1. The van der Waals surface area contributed by atoms with Crippen LogP contribution in [0.5, 0.6) is 0 Å². The van der Waals surface area contributed by atoms with E-state index in [0.29, 0.717) is 21.3 Å². The van der Waals surface area contributed by atoms with Crippen LogP contribution >= 0.6 is 23.2 Å². The summed E-state index contributed by atoms with van der Waals surface area (Å²) in [5.74, 6) is -0.528. The summed E-state index contributed by atoms with van der Waals surface area (Å²) in [6.07, 6.45) is 3.45. The van der Waals surface area contributed by atoms with E-state index < -0.39 is 0 Å². The largest absolute Gasteiger partial charge is 0.337 e. The van der Waals surface area contributed by atoms with Gasteiger partial charge in [0, 0.05) is 29.9 Å². The van der Waals surface area contributed by atoms with Crippen molar-refractivity contribution >= 4 is 40.7 Å². The molecule has 24 heavy (non-hydrogen) atoms. The Labute approximate surface area is 149 Å². The third-order valence-electron chi connectivity index (χ3n) is 3.81. The molecule has 0 atom stereocenters. The standard InChI is InChI=1S/C17H15Cl2N3O2/c18-12-3-4-13(19)14(10-12)21-16(23)11-5-6-20-15(9-11)17(24)22-7-1-2-8-22/h3-6,9-10H,1-2,7-8H2,(H,21,23). The fourth-order valence-corrected chi connectivity index (χ4v) is 2.90. The van der Waals surface area contributed by atoms with E-state index in [9.17, 15) is 9.59 Å². The topological polar surface area (TPSA) is 62.3 Å². The zero-order valence-electron chi connectivity index (χ0n) is 12.8. The van der Waals surface area contributed by atoms with Crippen LogP contribution in [-0.2, 0) is 0 Å². The van der Waals surface area contributed by atoms with Crippen molar-refractivity contribution in [3.05, 3.63) is 57.8 Å². The van der Waals surface area contributed by atoms with Gasteiger partial charge in [0.1, 0.15) is 5.69 Å². The number of nitrogens with zero attached hydrogens (tertiary/aromatic N) is 2. The lowest BCUT2D eigenvalue weighted by Crippen LogP contribution is -2.28. The second kappa shape index (κ2) is 7.20. The quantitative estimate of drug-likeness (QED) is 0.899. The summed E-state index contributed by atoms with van der Waals surface area (Å²) in [7, 11) is 0. The smallest absolute Gasteiger partial charge is 0.272 e. The summed E-state index contributed by atoms with van der Waals surface area (Å²) < 4.78 is 0. The molecule has 2 aromatic rings. The second-order valence-corrected chi connectivity index (χ2v) is 6.35. The number of amides is 2. The van der Waals surface area contributed by atoms with Crippen molar-refractivity contribution in [3.63, 3.8) is 0 Å². The van der Waals surface area contributed by atoms with Gasteiger partial charge in [-0.25, -0.2) is 0 Å². The zero-order chi connectivity index (χ0) is 17.1. The third-order valence-corrected chi connectivity index (χ3v) is 4.38. The van der Waals surface area contributed by atoms with Crippen molar-refractivity contribution in [2.45, 2.75) is 12.8 Å². The third kappa shape index (κ3) is 3.68. The van der Waals surface area contributed by atoms with E-state index in [-0.39, 0.29) is 17.5 Å². The number of hydrogen-bond donors (Lipinski definition) is 1. The normalized spacial score (nSPS) is 13.8. The molecule has 1 aliphatic heterocycles. The molecule has 1 aromatic heterocycles. The monoisotopic (exact) mass is 363 g/mol. The highest BCUT2D eigenvalue weighted by Gasteiger charge is 2.21. The van der Waals surface area contributed by atoms with E-state index in [1.807, 2.05) is 0 Å². The van der Waals surface area contributed by atoms with Crippen LogP contribution in [0.1, 0.15) is 33.7 Å². The van der Waals surface area contributed by atoms with Gasteiger partial charge in [-0.2, -0.15) is 0 Å². The van der Waals surface area contributed by atoms with Crippen LogP contribution < -0.4 is 5.32 Å². The first-order valence-electron chi connectivity index (χ1n) is 7.56. The maximum Gasteiger partial charge on any atom is 0.272 e. The number of aromatic nitrogens is 1. The minimum atomic E-state index is -0.378. The molecule has 1 N–H and O–H groups in total. The van der Waals surface area contributed by atoms with Crippen LogP contribution in [0.4, 0.5) is 5.69 Å². The molecule has 0 aliphatic carbocycles. The Morgan fingerprint density at radius 2 is 1.83 bits per heavy atom. The van der Waals surface area contributed by atoms with Gasteiger partial charge in [-0.15, -0.1) is 0 Å². The molecule has 0 spiro atoms. The van der Waals surface area contributed by atoms with Crippen LogP contribution in [0, 0.1) is 0 Å². The summed E-state index contributed by atoms with van der Waals surface area (Å²) in [4.78, 5) is 30.6. The van der Waals surface area contributed by atoms with Gasteiger partial charge in [-0.3, -0.25) is 14.6 Å². The molecular formula is C17H15Cl2N3O2. The molecule has 5 nitrogen and oxygen atoms in total. The van der Waals surface area contributed by atoms with Gasteiger partial charge < -0.3 is 10.2 Å². The second-order valence-electron chi connectivity index (χ2n) is 5.51. The molecule has 0 saturated carbocycles. The maximum absolute atomic E-state index is 12.4. The van der Waals surface area contributed by atoms with Crippen molar-refractivity contribution in [3.8, 4) is 0 Å². The number of hydrogen-bond acceptors (Lipinski definition) is 3. The van der Waals surface area contributed by atoms with E-state index in [1.54, 1.807) is 29.2 Å². The van der Waals surface area contributed by atoms with Gasteiger partial charge in [-0.05, 0) is 43.2 Å². The summed E-state index contributed by atoms with van der Waals surface area (Å²) in [6, 6.07) is 7.86. The van der Waals surface area contributed by atoms with Crippen molar-refractivity contribution in [1.82, 2.24) is 9.88 Å². The fraction of sp³-hybridized carbons (Fsp3) is 0.235. The molecule has 0 bridgehead atoms. The lowest BCUT2D eigenvalue weighted by atomic mass is 10.2. The lowest BCUT2D eigenvalue weighted by molar-refractivity contribution is 0.0787. The molecule has 0 unspecified atom stereocenters. The molecule has 7 heteroatoms. The first kappa shape index (κ1) is 16.7. The molecule has 2 amide bonds. The van der Waals surface area contributed by atoms with Gasteiger partial charge in [0.15, 0.2) is 0 Å². The van der Waals surface area contributed by atoms with Crippen molar-refractivity contribution in [2.75, 3.05) is 18.4 Å². The average molecular weight is 364 g/mol. The highest BCUT2D eigenvalue weighted by Crippen LogP contribution is 2.26. The molecule has 124 valence electrons. The molecule has 1 saturated heterocycles. The Balaban J connectivity index is 1.79. The van der Waals surface area contributed by atoms with Crippen molar-refractivity contribution in [2.24, 2.45) is 0 Å². The number of likely N-dealkylation sites (tertiary alicyclic amines) is 1. The Hall–Kier alpha value is -2.11. The highest BCUT2D eigenvalue weighted by atomic mass is 35.5. The van der Waals surface area contributed by atoms with Gasteiger partial charge >= 0.3 is 0 Å². The Morgan fingerprint density at radius 1 is 1.08 bits per heavy atom. The van der Waals surface area contributed by atoms with E-state index in [1.165, 1.54) is 12.3 Å². The first-order chi connectivity index (χ1) is 11.5. The number of rotatable bonds is 3. The highest BCUT2D eigenvalue weighted by molar-refractivity contribution is 6.35. The fourth-order valence-electron chi connectivity index (χ4n) is 2.56. The predicted molar refractivity (Wildman–Crippen MR) is 93.8 cm³/mol. The Kier molecular flexibility index (Phi) is 5.02. The van der Waals surface area contributed by atoms with Crippen LogP contribution in [0.3, 0.4) is 0 Å². The van der Waals surface area contributed by atoms with E-state index in [2.05, 4.69) is 10.3 Å². The van der Waals surface area contributed by atoms with Crippen LogP contribution in [-0.4, -0.2) is 34.8 Å². The zero-order valence-corrected chi connectivity index (χ0v) is 14.3. The number of nitrogens with one attached hydrogen (secondary N) is 1. The SMILES string of the molecule is O=C(Nc1cc(Cl)ccc1Cl)c1ccnc(C(=O)N2CCCC2)c1. The summed E-state index contributed by atoms with van der Waals surface area (Å²) in [5, 5.41) is 3.55. The minimum Gasteiger partial charge on any atom is -0.337 e. The molecule has 0 radical (unpaired) electrons. The molecule has 3 rings (SSSR count). The average Bonchev–Trinajstić information content (AvgIpc) is 3.12. The van der Waals surface area contributed by atoms with Crippen molar-refractivity contribution < 1.29 is 9.59 Å². The number of halogens is 2. The van der Waals surface area contributed by atoms with Gasteiger partial charge in [0.05, 0.1) is 10.7 Å². The summed E-state index contributed by atoms with van der Waals surface area (Å²) >= 11 is 12.0. The van der Waals surface area contributed by atoms with E-state index >= 15 is 0 Å². The maximum atomic E-state index is 12.4. The molecule has 1 aromatic carbocycles. The lowest BCUT2D eigenvalue weighted by Gasteiger charge is -2.15. The number of pyridine rings is 1. The van der Waals surface area contributed by atoms with Gasteiger partial charge in [0.2, 0.25) is 0 Å². The van der Waals surface area contributed by atoms with E-state index in [0.717, 1.165) is 25.9 Å². The van der Waals surface area contributed by atoms with Crippen LogP contribution in [0.2, 0.25) is 10.0 Å². The van der Waals surface area contributed by atoms with Gasteiger partial charge in [-0.1, -0.05) is 23.2 Å². The van der Waals surface area contributed by atoms with Crippen LogP contribution in [0.15, 0.2) is 36.5 Å². The summed E-state index contributed by atoms with van der Waals surface area (Å²) in [5.41, 5.74) is 1.02. The molecule has 1 aliphatic rings. The molecule has 2 heterocycles.